The average Bonchev–Trinajstić information content (AvgIpc) is 2.75. The highest BCUT2D eigenvalue weighted by atomic mass is 35.5. The van der Waals surface area contributed by atoms with Crippen molar-refractivity contribution < 1.29 is 27.5 Å². The summed E-state index contributed by atoms with van der Waals surface area (Å²) in [6.45, 7) is 2.33. The summed E-state index contributed by atoms with van der Waals surface area (Å²) in [4.78, 5) is 24.5. The molecule has 11 heteroatoms. The van der Waals surface area contributed by atoms with Gasteiger partial charge < -0.3 is 14.8 Å². The lowest BCUT2D eigenvalue weighted by molar-refractivity contribution is -0.119. The number of benzene rings is 2. The molecule has 2 aromatic rings. The molecule has 1 heterocycles. The number of esters is 1. The summed E-state index contributed by atoms with van der Waals surface area (Å²) < 4.78 is 37.2. The zero-order valence-electron chi connectivity index (χ0n) is 16.6. The van der Waals surface area contributed by atoms with Crippen LogP contribution in [0.1, 0.15) is 15.9 Å². The van der Waals surface area contributed by atoms with Gasteiger partial charge in [-0.2, -0.15) is 4.31 Å². The summed E-state index contributed by atoms with van der Waals surface area (Å²) in [5.74, 6) is -1.43. The molecule has 1 aliphatic rings. The number of rotatable bonds is 6. The van der Waals surface area contributed by atoms with Gasteiger partial charge in [-0.1, -0.05) is 29.3 Å². The molecule has 0 aliphatic carbocycles. The highest BCUT2D eigenvalue weighted by molar-refractivity contribution is 7.89. The number of sulfonamides is 1. The van der Waals surface area contributed by atoms with Gasteiger partial charge in [0, 0.05) is 23.8 Å². The number of carbonyl (C=O) groups excluding carboxylic acids is 2. The molecule has 0 atom stereocenters. The van der Waals surface area contributed by atoms with Crippen LogP contribution in [0.2, 0.25) is 10.0 Å². The van der Waals surface area contributed by atoms with Gasteiger partial charge >= 0.3 is 5.97 Å². The van der Waals surface area contributed by atoms with Crippen molar-refractivity contribution in [1.82, 2.24) is 4.31 Å². The Hall–Kier alpha value is -2.17. The molecule has 1 saturated heterocycles. The fourth-order valence-corrected chi connectivity index (χ4v) is 4.68. The monoisotopic (exact) mass is 486 g/mol. The van der Waals surface area contributed by atoms with E-state index in [2.05, 4.69) is 5.32 Å². The van der Waals surface area contributed by atoms with E-state index in [9.17, 15) is 18.0 Å². The Labute approximate surface area is 190 Å². The van der Waals surface area contributed by atoms with Crippen molar-refractivity contribution in [3.05, 3.63) is 57.6 Å². The van der Waals surface area contributed by atoms with Crippen molar-refractivity contribution in [2.75, 3.05) is 38.2 Å². The van der Waals surface area contributed by atoms with Crippen LogP contribution in [-0.2, 0) is 24.3 Å². The van der Waals surface area contributed by atoms with Gasteiger partial charge in [0.05, 0.1) is 28.7 Å². The first-order valence-electron chi connectivity index (χ1n) is 9.29. The number of hydrogen-bond donors (Lipinski definition) is 1. The molecule has 0 unspecified atom stereocenters. The minimum atomic E-state index is -3.72. The molecule has 166 valence electrons. The minimum Gasteiger partial charge on any atom is -0.452 e. The summed E-state index contributed by atoms with van der Waals surface area (Å²) in [7, 11) is -3.72. The summed E-state index contributed by atoms with van der Waals surface area (Å²) >= 11 is 11.8. The number of carbonyl (C=O) groups is 2. The third-order valence-corrected chi connectivity index (χ3v) is 7.03. The molecular formula is C20H20Cl2N2O6S. The second-order valence-corrected chi connectivity index (χ2v) is 9.52. The Bertz CT molecular complexity index is 1100. The topological polar surface area (TPSA) is 102 Å². The van der Waals surface area contributed by atoms with E-state index in [1.165, 1.54) is 34.6 Å². The van der Waals surface area contributed by atoms with Gasteiger partial charge in [0.2, 0.25) is 10.0 Å². The lowest BCUT2D eigenvalue weighted by Crippen LogP contribution is -2.40. The molecule has 3 rings (SSSR count). The van der Waals surface area contributed by atoms with E-state index in [0.29, 0.717) is 29.5 Å². The van der Waals surface area contributed by atoms with E-state index in [1.54, 1.807) is 13.0 Å². The molecule has 0 bridgehead atoms. The number of morpholine rings is 1. The van der Waals surface area contributed by atoms with E-state index >= 15 is 0 Å². The third-order valence-electron chi connectivity index (χ3n) is 4.57. The molecule has 31 heavy (non-hydrogen) atoms. The molecule has 0 aromatic heterocycles. The SMILES string of the molecule is Cc1ccc(S(=O)(=O)N2CCOCC2)cc1NC(=O)COC(=O)c1cc(Cl)ccc1Cl. The standard InChI is InChI=1S/C20H20Cl2N2O6S/c1-13-2-4-15(31(27,28)24-6-8-29-9-7-24)11-18(13)23-19(25)12-30-20(26)16-10-14(21)3-5-17(16)22/h2-5,10-11H,6-9,12H2,1H3,(H,23,25). The molecule has 1 aliphatic heterocycles. The highest BCUT2D eigenvalue weighted by Crippen LogP contribution is 2.24. The number of nitrogens with one attached hydrogen (secondary N) is 1. The zero-order valence-corrected chi connectivity index (χ0v) is 18.9. The van der Waals surface area contributed by atoms with Crippen molar-refractivity contribution >= 4 is 50.8 Å². The first kappa shape index (κ1) is 23.5. The van der Waals surface area contributed by atoms with Crippen LogP contribution >= 0.6 is 23.2 Å². The van der Waals surface area contributed by atoms with Crippen molar-refractivity contribution in [2.45, 2.75) is 11.8 Å². The normalized spacial score (nSPS) is 14.8. The van der Waals surface area contributed by atoms with Crippen LogP contribution in [-0.4, -0.2) is 57.5 Å². The van der Waals surface area contributed by atoms with Gasteiger partial charge in [-0.3, -0.25) is 4.79 Å². The largest absolute Gasteiger partial charge is 0.452 e. The predicted molar refractivity (Wildman–Crippen MR) is 116 cm³/mol. The Morgan fingerprint density at radius 2 is 1.84 bits per heavy atom. The molecule has 8 nitrogen and oxygen atoms in total. The fraction of sp³-hybridized carbons (Fsp3) is 0.300. The van der Waals surface area contributed by atoms with Gasteiger partial charge in [0.15, 0.2) is 6.61 Å². The first-order chi connectivity index (χ1) is 14.7. The Morgan fingerprint density at radius 3 is 2.55 bits per heavy atom. The molecule has 0 saturated carbocycles. The fourth-order valence-electron chi connectivity index (χ4n) is 2.88. The quantitative estimate of drug-likeness (QED) is 0.629. The molecule has 2 aromatic carbocycles. The van der Waals surface area contributed by atoms with E-state index in [-0.39, 0.29) is 28.6 Å². The second kappa shape index (κ2) is 9.97. The maximum Gasteiger partial charge on any atom is 0.340 e. The number of ether oxygens (including phenoxy) is 2. The van der Waals surface area contributed by atoms with Crippen LogP contribution in [0.15, 0.2) is 41.3 Å². The summed E-state index contributed by atoms with van der Waals surface area (Å²) in [5.41, 5.74) is 0.992. The van der Waals surface area contributed by atoms with E-state index in [4.69, 9.17) is 32.7 Å². The molecular weight excluding hydrogens is 467 g/mol. The van der Waals surface area contributed by atoms with Crippen molar-refractivity contribution in [1.29, 1.82) is 0 Å². The number of halogens is 2. The van der Waals surface area contributed by atoms with Crippen LogP contribution in [0, 0.1) is 6.92 Å². The maximum absolute atomic E-state index is 12.8. The van der Waals surface area contributed by atoms with Crippen LogP contribution in [0.3, 0.4) is 0 Å². The molecule has 0 radical (unpaired) electrons. The number of nitrogens with zero attached hydrogens (tertiary/aromatic N) is 1. The number of anilines is 1. The van der Waals surface area contributed by atoms with Crippen molar-refractivity contribution in [2.24, 2.45) is 0 Å². The van der Waals surface area contributed by atoms with Gasteiger partial charge in [0.25, 0.3) is 5.91 Å². The van der Waals surface area contributed by atoms with Crippen LogP contribution < -0.4 is 5.32 Å². The maximum atomic E-state index is 12.8. The van der Waals surface area contributed by atoms with Gasteiger partial charge in [-0.25, -0.2) is 13.2 Å². The van der Waals surface area contributed by atoms with Crippen LogP contribution in [0.25, 0.3) is 0 Å². The summed E-state index contributed by atoms with van der Waals surface area (Å²) in [5, 5.41) is 3.02. The molecule has 1 fully saturated rings. The second-order valence-electron chi connectivity index (χ2n) is 6.74. The lowest BCUT2D eigenvalue weighted by Gasteiger charge is -2.26. The molecule has 0 spiro atoms. The highest BCUT2D eigenvalue weighted by Gasteiger charge is 2.27. The van der Waals surface area contributed by atoms with E-state index in [0.717, 1.165) is 0 Å². The molecule has 1 amide bonds. The molecule has 1 N–H and O–H groups in total. The van der Waals surface area contributed by atoms with Gasteiger partial charge in [-0.05, 0) is 42.8 Å². The Kier molecular flexibility index (Phi) is 7.55. The minimum absolute atomic E-state index is 0.0387. The van der Waals surface area contributed by atoms with Crippen LogP contribution in [0.5, 0.6) is 0 Å². The Balaban J connectivity index is 1.68. The third kappa shape index (κ3) is 5.75. The number of hydrogen-bond acceptors (Lipinski definition) is 6. The van der Waals surface area contributed by atoms with Gasteiger partial charge in [0.1, 0.15) is 0 Å². The zero-order chi connectivity index (χ0) is 22.6. The van der Waals surface area contributed by atoms with Crippen LogP contribution in [0.4, 0.5) is 5.69 Å². The summed E-state index contributed by atoms with van der Waals surface area (Å²) in [6, 6.07) is 8.78. The van der Waals surface area contributed by atoms with E-state index in [1.807, 2.05) is 0 Å². The number of amides is 1. The van der Waals surface area contributed by atoms with Gasteiger partial charge in [-0.15, -0.1) is 0 Å². The summed E-state index contributed by atoms with van der Waals surface area (Å²) in [6.07, 6.45) is 0. The van der Waals surface area contributed by atoms with E-state index < -0.39 is 28.5 Å². The van der Waals surface area contributed by atoms with Crippen molar-refractivity contribution in [3.63, 3.8) is 0 Å². The smallest absolute Gasteiger partial charge is 0.340 e. The predicted octanol–water partition coefficient (Wildman–Crippen LogP) is 3.12. The average molecular weight is 487 g/mol. The number of aryl methyl sites for hydroxylation is 1. The Morgan fingerprint density at radius 1 is 1.13 bits per heavy atom. The lowest BCUT2D eigenvalue weighted by atomic mass is 10.2. The van der Waals surface area contributed by atoms with Crippen molar-refractivity contribution in [3.8, 4) is 0 Å². The first-order valence-corrected chi connectivity index (χ1v) is 11.5.